The molecule has 0 aromatic rings. The highest BCUT2D eigenvalue weighted by Crippen LogP contribution is 2.06. The summed E-state index contributed by atoms with van der Waals surface area (Å²) < 4.78 is 0. The molecule has 2 N–H and O–H groups in total. The number of carboxylic acids is 1. The van der Waals surface area contributed by atoms with Crippen molar-refractivity contribution in [2.45, 2.75) is 70.6 Å². The first-order valence-corrected chi connectivity index (χ1v) is 7.59. The van der Waals surface area contributed by atoms with E-state index >= 15 is 0 Å². The van der Waals surface area contributed by atoms with Crippen LogP contribution in [0.4, 0.5) is 0 Å². The molecule has 0 atom stereocenters. The van der Waals surface area contributed by atoms with E-state index in [1.165, 1.54) is 0 Å². The van der Waals surface area contributed by atoms with Crippen molar-refractivity contribution in [1.29, 1.82) is 0 Å². The van der Waals surface area contributed by atoms with Gasteiger partial charge < -0.3 is 15.2 Å². The smallest absolute Gasteiger partial charge is 0.303 e. The van der Waals surface area contributed by atoms with E-state index in [1.54, 1.807) is 0 Å². The van der Waals surface area contributed by atoms with Crippen LogP contribution in [0.5, 0.6) is 0 Å². The van der Waals surface area contributed by atoms with E-state index in [2.05, 4.69) is 5.32 Å². The van der Waals surface area contributed by atoms with Crippen molar-refractivity contribution in [2.24, 2.45) is 0 Å². The molecule has 0 bridgehead atoms. The van der Waals surface area contributed by atoms with Crippen LogP contribution < -0.4 is 5.32 Å². The Morgan fingerprint density at radius 3 is 2.15 bits per heavy atom. The molecule has 0 aromatic heterocycles. The van der Waals surface area contributed by atoms with Gasteiger partial charge in [-0.3, -0.25) is 9.59 Å². The molecule has 0 aliphatic rings. The van der Waals surface area contributed by atoms with Gasteiger partial charge in [0.2, 0.25) is 5.91 Å². The average molecular weight is 285 g/mol. The molecule has 0 unspecified atom stereocenters. The Kier molecular flexibility index (Phi) is 13.1. The fourth-order valence-electron chi connectivity index (χ4n) is 1.94. The molecule has 0 aromatic carbocycles. The summed E-state index contributed by atoms with van der Waals surface area (Å²) in [4.78, 5) is 31.9. The topological polar surface area (TPSA) is 83.5 Å². The van der Waals surface area contributed by atoms with Crippen molar-refractivity contribution < 1.29 is 19.5 Å². The molecule has 1 amide bonds. The third-order valence-corrected chi connectivity index (χ3v) is 3.12. The number of carbonyl (C=O) groups is 3. The van der Waals surface area contributed by atoms with Crippen molar-refractivity contribution in [2.75, 3.05) is 6.54 Å². The van der Waals surface area contributed by atoms with Gasteiger partial charge in [0.25, 0.3) is 0 Å². The maximum Gasteiger partial charge on any atom is 0.303 e. The zero-order valence-electron chi connectivity index (χ0n) is 12.2. The summed E-state index contributed by atoms with van der Waals surface area (Å²) in [7, 11) is 0. The lowest BCUT2D eigenvalue weighted by Crippen LogP contribution is -2.23. The summed E-state index contributed by atoms with van der Waals surface area (Å²) in [6, 6.07) is 0. The molecule has 20 heavy (non-hydrogen) atoms. The number of carboxylic acid groups (broad SMARTS) is 1. The lowest BCUT2D eigenvalue weighted by molar-refractivity contribution is -0.137. The van der Waals surface area contributed by atoms with Crippen molar-refractivity contribution in [3.63, 3.8) is 0 Å². The fraction of sp³-hybridized carbons (Fsp3) is 0.800. The number of aldehydes is 1. The minimum Gasteiger partial charge on any atom is -0.481 e. The molecular formula is C15H27NO4. The monoisotopic (exact) mass is 285 g/mol. The second kappa shape index (κ2) is 14.0. The van der Waals surface area contributed by atoms with Crippen LogP contribution in [0.15, 0.2) is 0 Å². The average Bonchev–Trinajstić information content (AvgIpc) is 2.41. The Balaban J connectivity index is 3.20. The number of amides is 1. The van der Waals surface area contributed by atoms with Crippen LogP contribution in [0.3, 0.4) is 0 Å². The number of hydrogen-bond acceptors (Lipinski definition) is 3. The quantitative estimate of drug-likeness (QED) is 0.379. The van der Waals surface area contributed by atoms with Crippen molar-refractivity contribution in [1.82, 2.24) is 5.32 Å². The highest BCUT2D eigenvalue weighted by atomic mass is 16.4. The van der Waals surface area contributed by atoms with Crippen LogP contribution in [0.25, 0.3) is 0 Å². The van der Waals surface area contributed by atoms with Crippen molar-refractivity contribution >= 4 is 18.2 Å². The molecule has 0 radical (unpaired) electrons. The first-order valence-electron chi connectivity index (χ1n) is 7.59. The second-order valence-electron chi connectivity index (χ2n) is 5.03. The Hall–Kier alpha value is -1.39. The van der Waals surface area contributed by atoms with Gasteiger partial charge in [-0.1, -0.05) is 25.7 Å². The van der Waals surface area contributed by atoms with Crippen molar-refractivity contribution in [3.8, 4) is 0 Å². The maximum atomic E-state index is 11.5. The van der Waals surface area contributed by atoms with E-state index in [1.807, 2.05) is 0 Å². The van der Waals surface area contributed by atoms with Crippen LogP contribution >= 0.6 is 0 Å². The van der Waals surface area contributed by atoms with Gasteiger partial charge in [0, 0.05) is 25.8 Å². The maximum absolute atomic E-state index is 11.5. The summed E-state index contributed by atoms with van der Waals surface area (Å²) in [5, 5.41) is 11.3. The van der Waals surface area contributed by atoms with E-state index in [0.29, 0.717) is 25.8 Å². The van der Waals surface area contributed by atoms with Gasteiger partial charge in [0.1, 0.15) is 6.29 Å². The minimum atomic E-state index is -0.762. The zero-order valence-corrected chi connectivity index (χ0v) is 12.2. The largest absolute Gasteiger partial charge is 0.481 e. The predicted octanol–water partition coefficient (Wildman–Crippen LogP) is 2.68. The third-order valence-electron chi connectivity index (χ3n) is 3.12. The molecule has 0 aliphatic carbocycles. The van der Waals surface area contributed by atoms with Crippen LogP contribution in [-0.2, 0) is 14.4 Å². The van der Waals surface area contributed by atoms with Crippen LogP contribution in [0.1, 0.15) is 70.6 Å². The number of nitrogens with one attached hydrogen (secondary N) is 1. The summed E-state index contributed by atoms with van der Waals surface area (Å²) >= 11 is 0. The number of unbranched alkanes of at least 4 members (excludes halogenated alkanes) is 7. The van der Waals surface area contributed by atoms with Gasteiger partial charge in [-0.2, -0.15) is 0 Å². The van der Waals surface area contributed by atoms with Crippen LogP contribution in [0, 0.1) is 0 Å². The molecule has 0 rings (SSSR count). The molecule has 0 heterocycles. The van der Waals surface area contributed by atoms with E-state index in [-0.39, 0.29) is 12.3 Å². The fourth-order valence-corrected chi connectivity index (χ4v) is 1.94. The summed E-state index contributed by atoms with van der Waals surface area (Å²) in [6.45, 7) is 0.637. The standard InChI is InChI=1S/C15H27NO4/c17-13-9-4-2-1-3-6-10-14(18)16-12-8-5-7-11-15(19)20/h13H,1-12H2,(H,16,18)(H,19,20). The molecule has 0 saturated carbocycles. The Labute approximate surface area is 121 Å². The first kappa shape index (κ1) is 18.6. The van der Waals surface area contributed by atoms with Gasteiger partial charge in [0.15, 0.2) is 0 Å². The van der Waals surface area contributed by atoms with Crippen LogP contribution in [0.2, 0.25) is 0 Å². The van der Waals surface area contributed by atoms with E-state index in [4.69, 9.17) is 5.11 Å². The molecule has 5 nitrogen and oxygen atoms in total. The van der Waals surface area contributed by atoms with Crippen molar-refractivity contribution in [3.05, 3.63) is 0 Å². The molecule has 116 valence electrons. The third kappa shape index (κ3) is 14.7. The van der Waals surface area contributed by atoms with Gasteiger partial charge in [-0.25, -0.2) is 0 Å². The van der Waals surface area contributed by atoms with Gasteiger partial charge in [0.05, 0.1) is 0 Å². The van der Waals surface area contributed by atoms with E-state index < -0.39 is 5.97 Å². The Bertz CT molecular complexity index is 279. The first-order chi connectivity index (χ1) is 9.66. The van der Waals surface area contributed by atoms with Gasteiger partial charge in [-0.15, -0.1) is 0 Å². The van der Waals surface area contributed by atoms with Crippen LogP contribution in [-0.4, -0.2) is 29.8 Å². The van der Waals surface area contributed by atoms with E-state index in [0.717, 1.165) is 51.2 Å². The van der Waals surface area contributed by atoms with Gasteiger partial charge >= 0.3 is 5.97 Å². The second-order valence-corrected chi connectivity index (χ2v) is 5.03. The highest BCUT2D eigenvalue weighted by Gasteiger charge is 2.01. The summed E-state index contributed by atoms with van der Waals surface area (Å²) in [5.74, 6) is -0.682. The Morgan fingerprint density at radius 2 is 1.45 bits per heavy atom. The molecule has 0 aliphatic heterocycles. The van der Waals surface area contributed by atoms with E-state index in [9.17, 15) is 14.4 Å². The molecule has 5 heteroatoms. The molecule has 0 saturated heterocycles. The molecular weight excluding hydrogens is 258 g/mol. The number of aliphatic carboxylic acids is 1. The summed E-state index contributed by atoms with van der Waals surface area (Å²) in [6.07, 6.45) is 9.72. The normalized spacial score (nSPS) is 10.2. The number of hydrogen-bond donors (Lipinski definition) is 2. The summed E-state index contributed by atoms with van der Waals surface area (Å²) in [5.41, 5.74) is 0. The molecule has 0 spiro atoms. The molecule has 0 fully saturated rings. The number of rotatable bonds is 14. The predicted molar refractivity (Wildman–Crippen MR) is 77.5 cm³/mol. The minimum absolute atomic E-state index is 0.0797. The Morgan fingerprint density at radius 1 is 0.850 bits per heavy atom. The SMILES string of the molecule is O=CCCCCCCCC(=O)NCCCCCC(=O)O. The van der Waals surface area contributed by atoms with Gasteiger partial charge in [-0.05, 0) is 25.7 Å². The number of carbonyl (C=O) groups excluding carboxylic acids is 2. The zero-order chi connectivity index (χ0) is 15.1. The highest BCUT2D eigenvalue weighted by molar-refractivity contribution is 5.75. The lowest BCUT2D eigenvalue weighted by Gasteiger charge is -2.05. The lowest BCUT2D eigenvalue weighted by atomic mass is 10.1.